The monoisotopic (exact) mass is 359 g/mol. The van der Waals surface area contributed by atoms with E-state index in [2.05, 4.69) is 19.1 Å². The summed E-state index contributed by atoms with van der Waals surface area (Å²) in [5, 5.41) is 13.1. The Bertz CT molecular complexity index is 730. The summed E-state index contributed by atoms with van der Waals surface area (Å²) < 4.78 is 5.57. The van der Waals surface area contributed by atoms with Gasteiger partial charge in [0.25, 0.3) is 5.69 Å². The maximum absolute atomic E-state index is 11.1. The van der Waals surface area contributed by atoms with Crippen molar-refractivity contribution in [1.82, 2.24) is 0 Å². The number of thioether (sulfide) groups is 1. The molecule has 0 saturated heterocycles. The minimum absolute atomic E-state index is 0.0547. The van der Waals surface area contributed by atoms with Crippen molar-refractivity contribution in [3.05, 3.63) is 79.6 Å². The van der Waals surface area contributed by atoms with Crippen molar-refractivity contribution in [3.63, 3.8) is 0 Å². The van der Waals surface area contributed by atoms with Crippen LogP contribution in [-0.4, -0.2) is 12.0 Å². The molecule has 0 unspecified atom stereocenters. The Labute approximate surface area is 154 Å². The van der Waals surface area contributed by atoms with E-state index in [0.29, 0.717) is 5.76 Å². The quantitative estimate of drug-likeness (QED) is 0.233. The van der Waals surface area contributed by atoms with Crippen LogP contribution in [0, 0.1) is 17.0 Å². The van der Waals surface area contributed by atoms with E-state index in [1.807, 2.05) is 38.3 Å². The number of benzene rings is 1. The number of ether oxygens (including phenoxy) is 1. The van der Waals surface area contributed by atoms with Crippen molar-refractivity contribution in [2.45, 2.75) is 34.1 Å². The van der Waals surface area contributed by atoms with E-state index < -0.39 is 4.92 Å². The highest BCUT2D eigenvalue weighted by Gasteiger charge is 2.14. The molecule has 1 aromatic carbocycles. The van der Waals surface area contributed by atoms with Gasteiger partial charge in [-0.3, -0.25) is 10.1 Å². The molecule has 0 atom stereocenters. The first-order valence-corrected chi connectivity index (χ1v) is 9.02. The van der Waals surface area contributed by atoms with E-state index in [-0.39, 0.29) is 5.69 Å². The summed E-state index contributed by atoms with van der Waals surface area (Å²) in [6.07, 6.45) is 8.99. The van der Waals surface area contributed by atoms with E-state index >= 15 is 0 Å². The second-order valence-corrected chi connectivity index (χ2v) is 6.22. The van der Waals surface area contributed by atoms with Crippen LogP contribution in [0.25, 0.3) is 5.76 Å². The van der Waals surface area contributed by atoms with E-state index in [9.17, 15) is 10.1 Å². The van der Waals surface area contributed by atoms with Gasteiger partial charge in [0.2, 0.25) is 0 Å². The first-order chi connectivity index (χ1) is 12.0. The SMILES string of the molecule is C/C=C\SC(=C\C)/C(=C\CC)/C=C(/OC)c1cc([N+](=O)[O-])ccc1C. The molecule has 25 heavy (non-hydrogen) atoms. The lowest BCUT2D eigenvalue weighted by molar-refractivity contribution is -0.384. The molecular weight excluding hydrogens is 334 g/mol. The van der Waals surface area contributed by atoms with Crippen molar-refractivity contribution in [2.75, 3.05) is 7.11 Å². The van der Waals surface area contributed by atoms with E-state index in [1.54, 1.807) is 31.0 Å². The van der Waals surface area contributed by atoms with Gasteiger partial charge >= 0.3 is 0 Å². The molecule has 0 heterocycles. The molecule has 0 bridgehead atoms. The van der Waals surface area contributed by atoms with Gasteiger partial charge in [0, 0.05) is 22.6 Å². The Morgan fingerprint density at radius 3 is 2.60 bits per heavy atom. The van der Waals surface area contributed by atoms with Crippen LogP contribution < -0.4 is 0 Å². The van der Waals surface area contributed by atoms with Crippen molar-refractivity contribution in [1.29, 1.82) is 0 Å². The molecule has 0 aliphatic rings. The predicted octanol–water partition coefficient (Wildman–Crippen LogP) is 6.40. The summed E-state index contributed by atoms with van der Waals surface area (Å²) in [6, 6.07) is 4.81. The van der Waals surface area contributed by atoms with Gasteiger partial charge in [0.1, 0.15) is 5.76 Å². The van der Waals surface area contributed by atoms with Crippen molar-refractivity contribution in [2.24, 2.45) is 0 Å². The highest BCUT2D eigenvalue weighted by atomic mass is 32.2. The molecule has 0 fully saturated rings. The van der Waals surface area contributed by atoms with Crippen LogP contribution in [0.4, 0.5) is 5.69 Å². The smallest absolute Gasteiger partial charge is 0.270 e. The molecule has 1 aromatic rings. The van der Waals surface area contributed by atoms with Gasteiger partial charge in [0.15, 0.2) is 0 Å². The highest BCUT2D eigenvalue weighted by molar-refractivity contribution is 8.06. The molecular formula is C20H25NO3S. The maximum Gasteiger partial charge on any atom is 0.270 e. The van der Waals surface area contributed by atoms with Crippen LogP contribution in [0.1, 0.15) is 38.3 Å². The second kappa shape index (κ2) is 10.6. The molecule has 0 aromatic heterocycles. The number of hydrogen-bond acceptors (Lipinski definition) is 4. The average molecular weight is 359 g/mol. The number of methoxy groups -OCH3 is 1. The van der Waals surface area contributed by atoms with Gasteiger partial charge < -0.3 is 4.74 Å². The number of nitro benzene ring substituents is 1. The molecule has 0 saturated carbocycles. The number of hydrogen-bond donors (Lipinski definition) is 0. The third-order valence-electron chi connectivity index (χ3n) is 3.51. The number of allylic oxidation sites excluding steroid dienone is 5. The first kappa shape index (κ1) is 20.8. The molecule has 0 aliphatic heterocycles. The molecule has 0 spiro atoms. The number of nitrogens with zero attached hydrogens (tertiary/aromatic N) is 1. The molecule has 4 nitrogen and oxygen atoms in total. The van der Waals surface area contributed by atoms with Crippen molar-refractivity contribution < 1.29 is 9.66 Å². The van der Waals surface area contributed by atoms with Crippen LogP contribution in [0.3, 0.4) is 0 Å². The number of rotatable bonds is 8. The second-order valence-electron chi connectivity index (χ2n) is 5.28. The summed E-state index contributed by atoms with van der Waals surface area (Å²) in [5.74, 6) is 0.612. The van der Waals surface area contributed by atoms with Crippen LogP contribution >= 0.6 is 11.8 Å². The fourth-order valence-electron chi connectivity index (χ4n) is 2.27. The molecule has 0 radical (unpaired) electrons. The lowest BCUT2D eigenvalue weighted by Crippen LogP contribution is -1.96. The Balaban J connectivity index is 3.42. The molecule has 5 heteroatoms. The topological polar surface area (TPSA) is 52.4 Å². The van der Waals surface area contributed by atoms with Gasteiger partial charge in [-0.1, -0.05) is 43.0 Å². The molecule has 0 amide bonds. The minimum Gasteiger partial charge on any atom is -0.496 e. The summed E-state index contributed by atoms with van der Waals surface area (Å²) in [6.45, 7) is 7.97. The number of aryl methyl sites for hydroxylation is 1. The molecule has 134 valence electrons. The highest BCUT2D eigenvalue weighted by Crippen LogP contribution is 2.31. The normalized spacial score (nSPS) is 13.4. The summed E-state index contributed by atoms with van der Waals surface area (Å²) in [4.78, 5) is 11.8. The van der Waals surface area contributed by atoms with Crippen LogP contribution in [0.15, 0.2) is 58.4 Å². The Morgan fingerprint density at radius 1 is 1.36 bits per heavy atom. The summed E-state index contributed by atoms with van der Waals surface area (Å²) in [7, 11) is 1.59. The molecule has 0 N–H and O–H groups in total. The Morgan fingerprint density at radius 2 is 2.08 bits per heavy atom. The third kappa shape index (κ3) is 5.94. The van der Waals surface area contributed by atoms with Crippen molar-refractivity contribution in [3.8, 4) is 0 Å². The van der Waals surface area contributed by atoms with Gasteiger partial charge in [-0.2, -0.15) is 0 Å². The number of non-ortho nitro benzene ring substituents is 1. The largest absolute Gasteiger partial charge is 0.496 e. The number of nitro groups is 1. The first-order valence-electron chi connectivity index (χ1n) is 8.14. The van der Waals surface area contributed by atoms with Crippen LogP contribution in [-0.2, 0) is 4.74 Å². The van der Waals surface area contributed by atoms with Gasteiger partial charge in [0.05, 0.1) is 12.0 Å². The van der Waals surface area contributed by atoms with Crippen LogP contribution in [0.2, 0.25) is 0 Å². The lowest BCUT2D eigenvalue weighted by atomic mass is 10.0. The third-order valence-corrected chi connectivity index (χ3v) is 4.64. The Hall–Kier alpha value is -2.27. The lowest BCUT2D eigenvalue weighted by Gasteiger charge is -2.12. The van der Waals surface area contributed by atoms with Gasteiger partial charge in [-0.05, 0) is 49.8 Å². The fourth-order valence-corrected chi connectivity index (χ4v) is 2.97. The van der Waals surface area contributed by atoms with E-state index in [1.165, 1.54) is 6.07 Å². The fraction of sp³-hybridized carbons (Fsp3) is 0.300. The molecule has 1 rings (SSSR count). The van der Waals surface area contributed by atoms with Gasteiger partial charge in [-0.15, -0.1) is 0 Å². The predicted molar refractivity (Wildman–Crippen MR) is 107 cm³/mol. The standard InChI is InChI=1S/C20H25NO3S/c1-6-9-16(20(8-3)25-12-7-2)13-19(24-5)18-14-17(21(22)23)11-10-15(18)4/h7-14H,6H2,1-5H3/b12-7-,16-9-,19-13+,20-8-. The Kier molecular flexibility index (Phi) is 8.78. The van der Waals surface area contributed by atoms with Crippen molar-refractivity contribution >= 4 is 23.2 Å². The summed E-state index contributed by atoms with van der Waals surface area (Å²) in [5.41, 5.74) is 2.75. The van der Waals surface area contributed by atoms with E-state index in [0.717, 1.165) is 28.0 Å². The van der Waals surface area contributed by atoms with Crippen LogP contribution in [0.5, 0.6) is 0 Å². The van der Waals surface area contributed by atoms with E-state index in [4.69, 9.17) is 4.74 Å². The molecule has 0 aliphatic carbocycles. The zero-order chi connectivity index (χ0) is 18.8. The summed E-state index contributed by atoms with van der Waals surface area (Å²) >= 11 is 1.63. The zero-order valence-corrected chi connectivity index (χ0v) is 16.2. The average Bonchev–Trinajstić information content (AvgIpc) is 2.60. The zero-order valence-electron chi connectivity index (χ0n) is 15.4. The van der Waals surface area contributed by atoms with Gasteiger partial charge in [-0.25, -0.2) is 0 Å². The maximum atomic E-state index is 11.1. The minimum atomic E-state index is -0.391.